The van der Waals surface area contributed by atoms with E-state index in [2.05, 4.69) is 4.74 Å². The molecule has 2 N–H and O–H groups in total. The van der Waals surface area contributed by atoms with E-state index in [1.807, 2.05) is 6.92 Å². The summed E-state index contributed by atoms with van der Waals surface area (Å²) in [6.45, 7) is 2.29. The smallest absolute Gasteiger partial charge is 0.325 e. The quantitative estimate of drug-likeness (QED) is 0.662. The van der Waals surface area contributed by atoms with Gasteiger partial charge in [0.15, 0.2) is 0 Å². The Hall–Kier alpha value is -1.75. The van der Waals surface area contributed by atoms with Crippen LogP contribution in [-0.2, 0) is 9.53 Å². The molecule has 1 aromatic rings. The van der Waals surface area contributed by atoms with E-state index in [-0.39, 0.29) is 12.5 Å². The van der Waals surface area contributed by atoms with Crippen LogP contribution in [0.1, 0.15) is 23.7 Å². The maximum Gasteiger partial charge on any atom is 0.325 e. The van der Waals surface area contributed by atoms with E-state index in [0.717, 1.165) is 6.42 Å². The predicted molar refractivity (Wildman–Crippen MR) is 74.1 cm³/mol. The van der Waals surface area contributed by atoms with Crippen LogP contribution < -0.4 is 5.73 Å². The zero-order valence-corrected chi connectivity index (χ0v) is 11.7. The second kappa shape index (κ2) is 6.99. The number of nitrogens with two attached hydrogens (primary N) is 1. The van der Waals surface area contributed by atoms with Crippen molar-refractivity contribution in [3.8, 4) is 0 Å². The molecular weight excluding hydrogens is 268 g/mol. The average Bonchev–Trinajstić information content (AvgIpc) is 2.36. The summed E-state index contributed by atoms with van der Waals surface area (Å²) in [6.07, 6.45) is 0.735. The lowest BCUT2D eigenvalue weighted by Crippen LogP contribution is -2.36. The average molecular weight is 285 g/mol. The Bertz CT molecular complexity index is 457. The third-order valence-corrected chi connectivity index (χ3v) is 2.71. The summed E-state index contributed by atoms with van der Waals surface area (Å²) in [5, 5.41) is 0.387. The third-order valence-electron chi connectivity index (χ3n) is 2.50. The summed E-state index contributed by atoms with van der Waals surface area (Å²) in [5.74, 6) is -0.752. The van der Waals surface area contributed by atoms with Gasteiger partial charge in [-0.3, -0.25) is 9.59 Å². The van der Waals surface area contributed by atoms with E-state index in [4.69, 9.17) is 17.3 Å². The zero-order chi connectivity index (χ0) is 14.4. The first kappa shape index (κ1) is 15.3. The van der Waals surface area contributed by atoms with Crippen molar-refractivity contribution in [2.45, 2.75) is 13.3 Å². The number of carbonyl (C=O) groups excluding carboxylic acids is 2. The number of carbonyl (C=O) groups is 2. The normalized spacial score (nSPS) is 10.1. The number of ether oxygens (including phenoxy) is 1. The van der Waals surface area contributed by atoms with Crippen LogP contribution in [0.25, 0.3) is 0 Å². The number of methoxy groups -OCH3 is 1. The van der Waals surface area contributed by atoms with Gasteiger partial charge in [-0.15, -0.1) is 0 Å². The molecule has 0 spiro atoms. The largest absolute Gasteiger partial charge is 0.468 e. The van der Waals surface area contributed by atoms with Gasteiger partial charge in [0.05, 0.1) is 7.11 Å². The van der Waals surface area contributed by atoms with Crippen LogP contribution in [0.15, 0.2) is 18.2 Å². The second-order valence-corrected chi connectivity index (χ2v) is 4.51. The molecule has 0 unspecified atom stereocenters. The van der Waals surface area contributed by atoms with E-state index >= 15 is 0 Å². The van der Waals surface area contributed by atoms with E-state index < -0.39 is 5.97 Å². The highest BCUT2D eigenvalue weighted by Gasteiger charge is 2.19. The van der Waals surface area contributed by atoms with Crippen LogP contribution in [0.3, 0.4) is 0 Å². The summed E-state index contributed by atoms with van der Waals surface area (Å²) in [6, 6.07) is 4.62. The van der Waals surface area contributed by atoms with Gasteiger partial charge in [-0.25, -0.2) is 0 Å². The van der Waals surface area contributed by atoms with Gasteiger partial charge in [0.1, 0.15) is 6.54 Å². The van der Waals surface area contributed by atoms with Crippen LogP contribution in [0, 0.1) is 0 Å². The van der Waals surface area contributed by atoms with E-state index in [0.29, 0.717) is 22.8 Å². The van der Waals surface area contributed by atoms with Crippen molar-refractivity contribution >= 4 is 29.2 Å². The number of nitrogen functional groups attached to an aromatic ring is 1. The van der Waals surface area contributed by atoms with E-state index in [9.17, 15) is 9.59 Å². The molecule has 5 nitrogen and oxygen atoms in total. The lowest BCUT2D eigenvalue weighted by atomic mass is 10.1. The van der Waals surface area contributed by atoms with Gasteiger partial charge in [0, 0.05) is 22.8 Å². The fourth-order valence-electron chi connectivity index (χ4n) is 1.66. The van der Waals surface area contributed by atoms with Crippen molar-refractivity contribution in [2.75, 3.05) is 25.9 Å². The van der Waals surface area contributed by atoms with Gasteiger partial charge in [-0.1, -0.05) is 18.5 Å². The number of anilines is 1. The van der Waals surface area contributed by atoms with E-state index in [1.54, 1.807) is 6.07 Å². The minimum absolute atomic E-state index is 0.0877. The molecule has 0 aliphatic carbocycles. The van der Waals surface area contributed by atoms with Gasteiger partial charge >= 0.3 is 5.97 Å². The van der Waals surface area contributed by atoms with Crippen LogP contribution >= 0.6 is 11.6 Å². The fourth-order valence-corrected chi connectivity index (χ4v) is 1.90. The number of benzene rings is 1. The Morgan fingerprint density at radius 2 is 2.05 bits per heavy atom. The van der Waals surface area contributed by atoms with Gasteiger partial charge in [-0.05, 0) is 24.6 Å². The van der Waals surface area contributed by atoms with Crippen molar-refractivity contribution in [3.63, 3.8) is 0 Å². The number of rotatable bonds is 5. The molecule has 0 radical (unpaired) electrons. The lowest BCUT2D eigenvalue weighted by molar-refractivity contribution is -0.141. The van der Waals surface area contributed by atoms with Gasteiger partial charge < -0.3 is 15.4 Å². The molecule has 0 saturated heterocycles. The minimum atomic E-state index is -0.461. The molecule has 1 aromatic carbocycles. The highest BCUT2D eigenvalue weighted by Crippen LogP contribution is 2.18. The number of halogens is 1. The summed E-state index contributed by atoms with van der Waals surface area (Å²) in [5.41, 5.74) is 6.42. The Labute approximate surface area is 117 Å². The van der Waals surface area contributed by atoms with Crippen LogP contribution in [0.4, 0.5) is 5.69 Å². The molecule has 1 amide bonds. The van der Waals surface area contributed by atoms with E-state index in [1.165, 1.54) is 24.1 Å². The molecule has 0 fully saturated rings. The summed E-state index contributed by atoms with van der Waals surface area (Å²) in [4.78, 5) is 25.0. The third kappa shape index (κ3) is 4.44. The standard InChI is InChI=1S/C13H17ClN2O3/c1-3-4-16(8-12(17)19-2)13(18)9-5-10(14)7-11(15)6-9/h5-7H,3-4,8,15H2,1-2H3. The molecule has 0 bridgehead atoms. The Balaban J connectivity index is 2.94. The summed E-state index contributed by atoms with van der Waals surface area (Å²) in [7, 11) is 1.29. The number of esters is 1. The van der Waals surface area contributed by atoms with Crippen molar-refractivity contribution in [2.24, 2.45) is 0 Å². The Morgan fingerprint density at radius 1 is 1.37 bits per heavy atom. The molecule has 19 heavy (non-hydrogen) atoms. The molecular formula is C13H17ClN2O3. The highest BCUT2D eigenvalue weighted by molar-refractivity contribution is 6.31. The van der Waals surface area contributed by atoms with Crippen LogP contribution in [0.5, 0.6) is 0 Å². The van der Waals surface area contributed by atoms with Crippen molar-refractivity contribution in [3.05, 3.63) is 28.8 Å². The number of hydrogen-bond donors (Lipinski definition) is 1. The Kier molecular flexibility index (Phi) is 5.63. The number of nitrogens with zero attached hydrogens (tertiary/aromatic N) is 1. The highest BCUT2D eigenvalue weighted by atomic mass is 35.5. The van der Waals surface area contributed by atoms with Crippen molar-refractivity contribution < 1.29 is 14.3 Å². The monoisotopic (exact) mass is 284 g/mol. The molecule has 0 heterocycles. The summed E-state index contributed by atoms with van der Waals surface area (Å²) < 4.78 is 4.58. The second-order valence-electron chi connectivity index (χ2n) is 4.08. The lowest BCUT2D eigenvalue weighted by Gasteiger charge is -2.21. The van der Waals surface area contributed by atoms with Crippen LogP contribution in [0.2, 0.25) is 5.02 Å². The molecule has 0 atom stereocenters. The molecule has 0 aliphatic heterocycles. The zero-order valence-electron chi connectivity index (χ0n) is 11.0. The maximum atomic E-state index is 12.3. The van der Waals surface area contributed by atoms with Crippen LogP contribution in [-0.4, -0.2) is 37.0 Å². The molecule has 104 valence electrons. The number of hydrogen-bond acceptors (Lipinski definition) is 4. The molecule has 6 heteroatoms. The topological polar surface area (TPSA) is 72.6 Å². The Morgan fingerprint density at radius 3 is 2.58 bits per heavy atom. The SMILES string of the molecule is CCCN(CC(=O)OC)C(=O)c1cc(N)cc(Cl)c1. The van der Waals surface area contributed by atoms with Crippen molar-refractivity contribution in [1.82, 2.24) is 4.90 Å². The summed E-state index contributed by atoms with van der Waals surface area (Å²) >= 11 is 5.87. The van der Waals surface area contributed by atoms with Gasteiger partial charge in [0.25, 0.3) is 5.91 Å². The maximum absolute atomic E-state index is 12.3. The predicted octanol–water partition coefficient (Wildman–Crippen LogP) is 1.95. The first-order valence-electron chi connectivity index (χ1n) is 5.90. The fraction of sp³-hybridized carbons (Fsp3) is 0.385. The first-order valence-corrected chi connectivity index (χ1v) is 6.28. The van der Waals surface area contributed by atoms with Gasteiger partial charge in [-0.2, -0.15) is 0 Å². The first-order chi connectivity index (χ1) is 8.97. The van der Waals surface area contributed by atoms with Crippen molar-refractivity contribution in [1.29, 1.82) is 0 Å². The van der Waals surface area contributed by atoms with Gasteiger partial charge in [0.2, 0.25) is 0 Å². The molecule has 0 aromatic heterocycles. The molecule has 0 saturated carbocycles. The molecule has 1 rings (SSSR count). The number of amides is 1. The minimum Gasteiger partial charge on any atom is -0.468 e. The molecule has 0 aliphatic rings.